The number of nitrogens with zero attached hydrogens (tertiary/aromatic N) is 3. The minimum atomic E-state index is -0.183. The van der Waals surface area contributed by atoms with E-state index in [1.165, 1.54) is 18.3 Å². The fourth-order valence-electron chi connectivity index (χ4n) is 1.86. The summed E-state index contributed by atoms with van der Waals surface area (Å²) < 4.78 is 4.90. The number of esters is 1. The van der Waals surface area contributed by atoms with Crippen molar-refractivity contribution >= 4 is 28.3 Å². The van der Waals surface area contributed by atoms with Gasteiger partial charge in [-0.15, -0.1) is 11.3 Å². The van der Waals surface area contributed by atoms with E-state index in [1.54, 1.807) is 11.8 Å². The third kappa shape index (κ3) is 5.81. The molecule has 1 rings (SSSR count). The van der Waals surface area contributed by atoms with E-state index in [0.29, 0.717) is 32.7 Å². The second-order valence-corrected chi connectivity index (χ2v) is 5.51. The topological polar surface area (TPSA) is 62.7 Å². The smallest absolute Gasteiger partial charge is 0.307 e. The predicted molar refractivity (Wildman–Crippen MR) is 83.4 cm³/mol. The predicted octanol–water partition coefficient (Wildman–Crippen LogP) is 1.90. The van der Waals surface area contributed by atoms with Gasteiger partial charge < -0.3 is 4.74 Å². The van der Waals surface area contributed by atoms with E-state index < -0.39 is 0 Å². The van der Waals surface area contributed by atoms with E-state index in [0.717, 1.165) is 10.8 Å². The largest absolute Gasteiger partial charge is 0.466 e. The summed E-state index contributed by atoms with van der Waals surface area (Å²) in [5.74, 6) is -0.189. The number of carbonyl (C=O) groups excluding carboxylic acids is 2. The van der Waals surface area contributed by atoms with E-state index in [4.69, 9.17) is 4.74 Å². The van der Waals surface area contributed by atoms with E-state index >= 15 is 0 Å². The summed E-state index contributed by atoms with van der Waals surface area (Å²) in [5, 5.41) is 2.67. The summed E-state index contributed by atoms with van der Waals surface area (Å²) in [5.41, 5.74) is 0.904. The highest BCUT2D eigenvalue weighted by molar-refractivity contribution is 7.14. The first-order chi connectivity index (χ1) is 9.97. The van der Waals surface area contributed by atoms with Crippen LogP contribution >= 0.6 is 11.3 Å². The molecule has 0 aromatic carbocycles. The molecule has 0 spiro atoms. The molecule has 0 aliphatic carbocycles. The lowest BCUT2D eigenvalue weighted by Crippen LogP contribution is -2.28. The first-order valence-corrected chi connectivity index (χ1v) is 7.92. The average molecular weight is 313 g/mol. The van der Waals surface area contributed by atoms with Crippen molar-refractivity contribution < 1.29 is 14.3 Å². The fourth-order valence-corrected chi connectivity index (χ4v) is 2.78. The summed E-state index contributed by atoms with van der Waals surface area (Å²) in [6, 6.07) is 0. The van der Waals surface area contributed by atoms with Crippen molar-refractivity contribution in [2.24, 2.45) is 0 Å². The second kappa shape index (κ2) is 8.74. The molecule has 118 valence electrons. The third-order valence-electron chi connectivity index (χ3n) is 2.90. The third-order valence-corrected chi connectivity index (χ3v) is 3.81. The molecule has 0 atom stereocenters. The lowest BCUT2D eigenvalue weighted by Gasteiger charge is -2.16. The highest BCUT2D eigenvalue weighted by Gasteiger charge is 2.14. The number of amides is 1. The summed E-state index contributed by atoms with van der Waals surface area (Å²) in [6.07, 6.45) is 0.371. The Kier molecular flexibility index (Phi) is 7.31. The second-order valence-electron chi connectivity index (χ2n) is 4.68. The van der Waals surface area contributed by atoms with Gasteiger partial charge in [-0.25, -0.2) is 4.98 Å². The maximum absolute atomic E-state index is 11.5. The number of hydrogen-bond donors (Lipinski definition) is 0. The van der Waals surface area contributed by atoms with E-state index in [9.17, 15) is 9.59 Å². The maximum atomic E-state index is 11.5. The minimum Gasteiger partial charge on any atom is -0.466 e. The zero-order chi connectivity index (χ0) is 15.8. The van der Waals surface area contributed by atoms with Crippen LogP contribution in [0.3, 0.4) is 0 Å². The number of rotatable bonds is 8. The molecule has 1 aromatic heterocycles. The molecule has 0 fully saturated rings. The Morgan fingerprint density at radius 3 is 2.67 bits per heavy atom. The van der Waals surface area contributed by atoms with Gasteiger partial charge in [0.15, 0.2) is 5.13 Å². The molecular formula is C14H23N3O3S. The molecule has 0 saturated heterocycles. The van der Waals surface area contributed by atoms with Crippen molar-refractivity contribution in [3.63, 3.8) is 0 Å². The highest BCUT2D eigenvalue weighted by atomic mass is 32.1. The number of hydrogen-bond acceptors (Lipinski definition) is 6. The van der Waals surface area contributed by atoms with Crippen molar-refractivity contribution in [1.29, 1.82) is 0 Å². The van der Waals surface area contributed by atoms with Crippen LogP contribution in [0.2, 0.25) is 0 Å². The zero-order valence-electron chi connectivity index (χ0n) is 13.1. The van der Waals surface area contributed by atoms with Gasteiger partial charge in [-0.1, -0.05) is 0 Å². The average Bonchev–Trinajstić information content (AvgIpc) is 2.85. The van der Waals surface area contributed by atoms with Crippen molar-refractivity contribution in [1.82, 2.24) is 9.88 Å². The lowest BCUT2D eigenvalue weighted by molar-refractivity contribution is -0.143. The standard InChI is InChI=1S/C14H23N3O3S/c1-5-17(11(3)18)14-15-12(10-21-14)9-16(4)8-7-13(19)20-6-2/h10H,5-9H2,1-4H3. The fraction of sp³-hybridized carbons (Fsp3) is 0.643. The summed E-state index contributed by atoms with van der Waals surface area (Å²) in [7, 11) is 1.93. The summed E-state index contributed by atoms with van der Waals surface area (Å²) >= 11 is 1.46. The molecule has 0 radical (unpaired) electrons. The Balaban J connectivity index is 2.50. The van der Waals surface area contributed by atoms with Gasteiger partial charge in [-0.3, -0.25) is 19.4 Å². The first kappa shape index (κ1) is 17.6. The number of aromatic nitrogens is 1. The lowest BCUT2D eigenvalue weighted by atomic mass is 10.3. The number of ether oxygens (including phenoxy) is 1. The molecule has 0 bridgehead atoms. The van der Waals surface area contributed by atoms with Gasteiger partial charge in [-0.2, -0.15) is 0 Å². The van der Waals surface area contributed by atoms with Crippen molar-refractivity contribution in [2.45, 2.75) is 33.7 Å². The first-order valence-electron chi connectivity index (χ1n) is 7.04. The molecule has 0 aliphatic rings. The van der Waals surface area contributed by atoms with Crippen LogP contribution in [0, 0.1) is 0 Å². The Bertz CT molecular complexity index is 476. The molecule has 0 aliphatic heterocycles. The Hall–Kier alpha value is -1.47. The Morgan fingerprint density at radius 2 is 2.10 bits per heavy atom. The number of anilines is 1. The summed E-state index contributed by atoms with van der Waals surface area (Å²) in [6.45, 7) is 7.55. The minimum absolute atomic E-state index is 0.00549. The monoisotopic (exact) mass is 313 g/mol. The Morgan fingerprint density at radius 1 is 1.38 bits per heavy atom. The van der Waals surface area contributed by atoms with Crippen LogP contribution in [0.15, 0.2) is 5.38 Å². The normalized spacial score (nSPS) is 10.7. The van der Waals surface area contributed by atoms with Crippen LogP contribution in [0.4, 0.5) is 5.13 Å². The summed E-state index contributed by atoms with van der Waals surface area (Å²) in [4.78, 5) is 30.9. The van der Waals surface area contributed by atoms with Gasteiger partial charge in [0.25, 0.3) is 0 Å². The molecule has 21 heavy (non-hydrogen) atoms. The highest BCUT2D eigenvalue weighted by Crippen LogP contribution is 2.21. The van der Waals surface area contributed by atoms with Gasteiger partial charge >= 0.3 is 5.97 Å². The molecule has 6 nitrogen and oxygen atoms in total. The molecule has 1 aromatic rings. The zero-order valence-corrected chi connectivity index (χ0v) is 13.9. The molecule has 1 heterocycles. The maximum Gasteiger partial charge on any atom is 0.307 e. The van der Waals surface area contributed by atoms with Gasteiger partial charge in [0.1, 0.15) is 0 Å². The number of thiazole rings is 1. The van der Waals surface area contributed by atoms with Crippen LogP contribution in [0.1, 0.15) is 32.9 Å². The number of carbonyl (C=O) groups is 2. The van der Waals surface area contributed by atoms with Gasteiger partial charge in [0.2, 0.25) is 5.91 Å². The SMILES string of the molecule is CCOC(=O)CCN(C)Cc1csc(N(CC)C(C)=O)n1. The quantitative estimate of drug-likeness (QED) is 0.686. The van der Waals surface area contributed by atoms with Gasteiger partial charge in [0.05, 0.1) is 18.7 Å². The molecule has 0 unspecified atom stereocenters. The van der Waals surface area contributed by atoms with Crippen LogP contribution in [0.5, 0.6) is 0 Å². The molecule has 0 saturated carbocycles. The van der Waals surface area contributed by atoms with Crippen molar-refractivity contribution in [2.75, 3.05) is 31.6 Å². The molecule has 1 amide bonds. The molecule has 0 N–H and O–H groups in total. The van der Waals surface area contributed by atoms with Crippen LogP contribution in [0.25, 0.3) is 0 Å². The van der Waals surface area contributed by atoms with E-state index in [2.05, 4.69) is 4.98 Å². The van der Waals surface area contributed by atoms with E-state index in [-0.39, 0.29) is 11.9 Å². The van der Waals surface area contributed by atoms with Gasteiger partial charge in [-0.05, 0) is 20.9 Å². The Labute approximate surface area is 129 Å². The molecular weight excluding hydrogens is 290 g/mol. The van der Waals surface area contributed by atoms with Crippen LogP contribution in [-0.4, -0.2) is 48.5 Å². The van der Waals surface area contributed by atoms with Crippen molar-refractivity contribution in [3.05, 3.63) is 11.1 Å². The van der Waals surface area contributed by atoms with E-state index in [1.807, 2.05) is 24.3 Å². The van der Waals surface area contributed by atoms with Crippen LogP contribution < -0.4 is 4.90 Å². The molecule has 7 heteroatoms. The van der Waals surface area contributed by atoms with Gasteiger partial charge in [0, 0.05) is 31.9 Å². The van der Waals surface area contributed by atoms with Crippen molar-refractivity contribution in [3.8, 4) is 0 Å². The van der Waals surface area contributed by atoms with Crippen LogP contribution in [-0.2, 0) is 20.9 Å².